The Hall–Kier alpha value is -3.91. The maximum absolute atomic E-state index is 13.3. The van der Waals surface area contributed by atoms with Crippen LogP contribution in [0.15, 0.2) is 70.7 Å². The lowest BCUT2D eigenvalue weighted by atomic mass is 10.0. The van der Waals surface area contributed by atoms with Crippen LogP contribution in [0, 0.1) is 13.8 Å². The van der Waals surface area contributed by atoms with Crippen LogP contribution in [0.5, 0.6) is 11.5 Å². The second-order valence-corrected chi connectivity index (χ2v) is 9.12. The van der Waals surface area contributed by atoms with E-state index in [4.69, 9.17) is 9.47 Å². The highest BCUT2D eigenvalue weighted by molar-refractivity contribution is 9.10. The Bertz CT molecular complexity index is 1370. The Balaban J connectivity index is 1.67. The topological polar surface area (TPSA) is 84.9 Å². The molecule has 0 unspecified atom stereocenters. The molecule has 3 aromatic carbocycles. The van der Waals surface area contributed by atoms with Crippen LogP contribution in [0.1, 0.15) is 29.2 Å². The number of carbonyl (C=O) groups excluding carboxylic acids is 3. The molecule has 1 N–H and O–H groups in total. The molecule has 1 saturated heterocycles. The van der Waals surface area contributed by atoms with Crippen LogP contribution in [0.25, 0.3) is 6.08 Å². The van der Waals surface area contributed by atoms with E-state index in [0.29, 0.717) is 40.4 Å². The zero-order valence-corrected chi connectivity index (χ0v) is 21.7. The molecule has 0 aliphatic carbocycles. The van der Waals surface area contributed by atoms with Crippen molar-refractivity contribution in [2.24, 2.45) is 0 Å². The van der Waals surface area contributed by atoms with Gasteiger partial charge >= 0.3 is 6.03 Å². The molecule has 1 aliphatic rings. The average molecular weight is 549 g/mol. The van der Waals surface area contributed by atoms with E-state index in [9.17, 15) is 14.4 Å². The third kappa shape index (κ3) is 5.33. The zero-order valence-electron chi connectivity index (χ0n) is 20.1. The van der Waals surface area contributed by atoms with Gasteiger partial charge in [0.1, 0.15) is 12.2 Å². The van der Waals surface area contributed by atoms with Gasteiger partial charge in [0.15, 0.2) is 11.5 Å². The zero-order chi connectivity index (χ0) is 25.8. The van der Waals surface area contributed by atoms with Gasteiger partial charge in [0.05, 0.1) is 16.8 Å². The summed E-state index contributed by atoms with van der Waals surface area (Å²) in [5, 5.41) is 2.26. The van der Waals surface area contributed by atoms with Crippen molar-refractivity contribution in [3.63, 3.8) is 0 Å². The Morgan fingerprint density at radius 3 is 2.39 bits per heavy atom. The van der Waals surface area contributed by atoms with Gasteiger partial charge in [0.2, 0.25) is 0 Å². The first-order valence-corrected chi connectivity index (χ1v) is 12.2. The number of barbiturate groups is 1. The predicted molar refractivity (Wildman–Crippen MR) is 141 cm³/mol. The number of nitrogens with one attached hydrogen (secondary N) is 1. The van der Waals surface area contributed by atoms with Crippen LogP contribution >= 0.6 is 15.9 Å². The standard InChI is InChI=1S/C28H25BrN2O5/c1-4-35-24-15-20(14-23(29)25(24)36-16-19-8-6-5-7-9-19)13-22-26(32)30-28(34)31(27(22)33)21-11-10-17(2)18(3)12-21/h5-15H,4,16H2,1-3H3,(H,30,32,34)/b22-13+. The van der Waals surface area contributed by atoms with Crippen molar-refractivity contribution in [3.8, 4) is 11.5 Å². The average Bonchev–Trinajstić information content (AvgIpc) is 2.84. The molecule has 8 heteroatoms. The third-order valence-corrected chi connectivity index (χ3v) is 6.31. The van der Waals surface area contributed by atoms with Gasteiger partial charge in [-0.1, -0.05) is 36.4 Å². The molecule has 4 rings (SSSR count). The second-order valence-electron chi connectivity index (χ2n) is 8.26. The molecule has 36 heavy (non-hydrogen) atoms. The van der Waals surface area contributed by atoms with Gasteiger partial charge in [-0.05, 0) is 89.3 Å². The van der Waals surface area contributed by atoms with E-state index in [-0.39, 0.29) is 5.57 Å². The maximum atomic E-state index is 13.3. The summed E-state index contributed by atoms with van der Waals surface area (Å²) in [6.45, 7) is 6.41. The molecule has 1 fully saturated rings. The largest absolute Gasteiger partial charge is 0.490 e. The molecule has 1 aliphatic heterocycles. The van der Waals surface area contributed by atoms with Crippen LogP contribution in [-0.2, 0) is 16.2 Å². The van der Waals surface area contributed by atoms with E-state index < -0.39 is 17.8 Å². The number of carbonyl (C=O) groups is 3. The van der Waals surface area contributed by atoms with Crippen LogP contribution in [-0.4, -0.2) is 24.5 Å². The van der Waals surface area contributed by atoms with Crippen LogP contribution in [0.3, 0.4) is 0 Å². The van der Waals surface area contributed by atoms with Gasteiger partial charge in [-0.25, -0.2) is 9.69 Å². The molecular weight excluding hydrogens is 524 g/mol. The fourth-order valence-electron chi connectivity index (χ4n) is 3.73. The highest BCUT2D eigenvalue weighted by Crippen LogP contribution is 2.38. The van der Waals surface area contributed by atoms with Crippen molar-refractivity contribution >= 4 is 45.5 Å². The number of amides is 4. The summed E-state index contributed by atoms with van der Waals surface area (Å²) >= 11 is 3.53. The van der Waals surface area contributed by atoms with Crippen LogP contribution in [0.2, 0.25) is 0 Å². The van der Waals surface area contributed by atoms with Gasteiger partial charge in [-0.2, -0.15) is 0 Å². The minimum atomic E-state index is -0.786. The summed E-state index contributed by atoms with van der Waals surface area (Å²) in [5.74, 6) is -0.497. The smallest absolute Gasteiger partial charge is 0.335 e. The van der Waals surface area contributed by atoms with Crippen LogP contribution in [0.4, 0.5) is 10.5 Å². The summed E-state index contributed by atoms with van der Waals surface area (Å²) in [6, 6.07) is 17.6. The Morgan fingerprint density at radius 1 is 0.944 bits per heavy atom. The first-order valence-electron chi connectivity index (χ1n) is 11.4. The van der Waals surface area contributed by atoms with Crippen molar-refractivity contribution in [2.45, 2.75) is 27.4 Å². The molecule has 4 amide bonds. The van der Waals surface area contributed by atoms with Gasteiger partial charge in [-0.15, -0.1) is 0 Å². The number of urea groups is 1. The Kier molecular flexibility index (Phi) is 7.55. The number of hydrogen-bond acceptors (Lipinski definition) is 5. The van der Waals surface area contributed by atoms with Gasteiger partial charge in [0.25, 0.3) is 11.8 Å². The summed E-state index contributed by atoms with van der Waals surface area (Å²) in [4.78, 5) is 39.4. The number of anilines is 1. The molecule has 7 nitrogen and oxygen atoms in total. The lowest BCUT2D eigenvalue weighted by Crippen LogP contribution is -2.54. The van der Waals surface area contributed by atoms with E-state index in [2.05, 4.69) is 21.2 Å². The second kappa shape index (κ2) is 10.8. The number of benzene rings is 3. The minimum Gasteiger partial charge on any atom is -0.490 e. The number of ether oxygens (including phenoxy) is 2. The molecule has 1 heterocycles. The van der Waals surface area contributed by atoms with Crippen LogP contribution < -0.4 is 19.7 Å². The lowest BCUT2D eigenvalue weighted by molar-refractivity contribution is -0.122. The number of nitrogens with zero attached hydrogens (tertiary/aromatic N) is 1. The summed E-state index contributed by atoms with van der Waals surface area (Å²) in [5.41, 5.74) is 3.70. The highest BCUT2D eigenvalue weighted by atomic mass is 79.9. The number of imide groups is 2. The first-order chi connectivity index (χ1) is 17.3. The van der Waals surface area contributed by atoms with Crippen molar-refractivity contribution in [1.29, 1.82) is 0 Å². The molecule has 0 saturated carbocycles. The Labute approximate surface area is 217 Å². The minimum absolute atomic E-state index is 0.167. The van der Waals surface area contributed by atoms with Crippen molar-refractivity contribution < 1.29 is 23.9 Å². The fraction of sp³-hybridized carbons (Fsp3) is 0.179. The molecule has 0 spiro atoms. The predicted octanol–water partition coefficient (Wildman–Crippen LogP) is 5.71. The summed E-state index contributed by atoms with van der Waals surface area (Å²) < 4.78 is 12.4. The van der Waals surface area contributed by atoms with E-state index >= 15 is 0 Å². The number of aryl methyl sites for hydroxylation is 2. The molecule has 0 radical (unpaired) electrons. The number of halogens is 1. The van der Waals surface area contributed by atoms with Crippen molar-refractivity contribution in [2.75, 3.05) is 11.5 Å². The van der Waals surface area contributed by atoms with Gasteiger partial charge in [0, 0.05) is 0 Å². The molecular formula is C28H25BrN2O5. The van der Waals surface area contributed by atoms with Crippen molar-refractivity contribution in [3.05, 3.63) is 93.0 Å². The third-order valence-electron chi connectivity index (χ3n) is 5.72. The number of hydrogen-bond donors (Lipinski definition) is 1. The molecule has 0 aromatic heterocycles. The summed E-state index contributed by atoms with van der Waals surface area (Å²) in [6.07, 6.45) is 1.44. The quantitative estimate of drug-likeness (QED) is 0.302. The summed E-state index contributed by atoms with van der Waals surface area (Å²) in [7, 11) is 0. The maximum Gasteiger partial charge on any atom is 0.335 e. The van der Waals surface area contributed by atoms with E-state index in [1.807, 2.05) is 57.2 Å². The first kappa shape index (κ1) is 25.2. The lowest BCUT2D eigenvalue weighted by Gasteiger charge is -2.27. The normalized spacial score (nSPS) is 14.7. The molecule has 3 aromatic rings. The van der Waals surface area contributed by atoms with E-state index in [0.717, 1.165) is 21.6 Å². The van der Waals surface area contributed by atoms with E-state index in [1.165, 1.54) is 6.08 Å². The SMILES string of the molecule is CCOc1cc(/C=C2\C(=O)NC(=O)N(c3ccc(C)c(C)c3)C2=O)cc(Br)c1OCc1ccccc1. The number of rotatable bonds is 7. The highest BCUT2D eigenvalue weighted by Gasteiger charge is 2.37. The van der Waals surface area contributed by atoms with Gasteiger partial charge in [-0.3, -0.25) is 14.9 Å². The van der Waals surface area contributed by atoms with Gasteiger partial charge < -0.3 is 9.47 Å². The fourth-order valence-corrected chi connectivity index (χ4v) is 4.30. The molecule has 184 valence electrons. The molecule has 0 atom stereocenters. The molecule has 0 bridgehead atoms. The monoisotopic (exact) mass is 548 g/mol. The van der Waals surface area contributed by atoms with Crippen molar-refractivity contribution in [1.82, 2.24) is 5.32 Å². The van der Waals surface area contributed by atoms with E-state index in [1.54, 1.807) is 24.3 Å². The Morgan fingerprint density at radius 2 is 1.69 bits per heavy atom.